The topological polar surface area (TPSA) is 69.7 Å². The molecule has 1 amide bonds. The number of piperazine rings is 1. The second-order valence-electron chi connectivity index (χ2n) is 6.28. The molecule has 0 saturated carbocycles. The van der Waals surface area contributed by atoms with Crippen LogP contribution in [0.4, 0.5) is 10.1 Å². The predicted molar refractivity (Wildman–Crippen MR) is 107 cm³/mol. The van der Waals surface area contributed by atoms with E-state index in [9.17, 15) is 17.6 Å². The number of anilines is 1. The Balaban J connectivity index is 1.59. The third-order valence-corrected chi connectivity index (χ3v) is 6.97. The molecule has 0 aromatic heterocycles. The lowest BCUT2D eigenvalue weighted by Crippen LogP contribution is -2.50. The SMILES string of the molecule is O=C(CN1CCN(S(=O)(=O)c2cc(Cl)ccc2Cl)CC1)Nc1ccccc1F. The Hall–Kier alpha value is -1.71. The van der Waals surface area contributed by atoms with Crippen LogP contribution >= 0.6 is 23.2 Å². The van der Waals surface area contributed by atoms with E-state index < -0.39 is 15.8 Å². The third-order valence-electron chi connectivity index (χ3n) is 4.36. The monoisotopic (exact) mass is 445 g/mol. The number of amides is 1. The van der Waals surface area contributed by atoms with Crippen LogP contribution < -0.4 is 5.32 Å². The maximum absolute atomic E-state index is 13.6. The average molecular weight is 446 g/mol. The molecule has 0 atom stereocenters. The zero-order valence-electron chi connectivity index (χ0n) is 14.7. The van der Waals surface area contributed by atoms with Gasteiger partial charge < -0.3 is 5.32 Å². The number of sulfonamides is 1. The van der Waals surface area contributed by atoms with Crippen molar-refractivity contribution in [3.8, 4) is 0 Å². The van der Waals surface area contributed by atoms with Gasteiger partial charge in [0.1, 0.15) is 10.7 Å². The first-order chi connectivity index (χ1) is 13.3. The number of hydrogen-bond acceptors (Lipinski definition) is 4. The van der Waals surface area contributed by atoms with Crippen molar-refractivity contribution in [1.82, 2.24) is 9.21 Å². The average Bonchev–Trinajstić information content (AvgIpc) is 2.66. The van der Waals surface area contributed by atoms with Gasteiger partial charge in [-0.1, -0.05) is 35.3 Å². The van der Waals surface area contributed by atoms with Gasteiger partial charge in [0.25, 0.3) is 0 Å². The van der Waals surface area contributed by atoms with Crippen LogP contribution in [-0.4, -0.2) is 56.3 Å². The van der Waals surface area contributed by atoms with Crippen molar-refractivity contribution in [2.24, 2.45) is 0 Å². The Morgan fingerprint density at radius 1 is 1.07 bits per heavy atom. The first kappa shape index (κ1) is 21.0. The molecule has 1 aliphatic heterocycles. The molecule has 0 bridgehead atoms. The molecule has 3 rings (SSSR count). The van der Waals surface area contributed by atoms with Crippen molar-refractivity contribution in [3.63, 3.8) is 0 Å². The summed E-state index contributed by atoms with van der Waals surface area (Å²) in [6.45, 7) is 1.18. The maximum atomic E-state index is 13.6. The lowest BCUT2D eigenvalue weighted by molar-refractivity contribution is -0.117. The van der Waals surface area contributed by atoms with Gasteiger partial charge in [0, 0.05) is 31.2 Å². The summed E-state index contributed by atoms with van der Waals surface area (Å²) in [4.78, 5) is 13.9. The summed E-state index contributed by atoms with van der Waals surface area (Å²) in [5.41, 5.74) is 0.115. The summed E-state index contributed by atoms with van der Waals surface area (Å²) in [7, 11) is -3.78. The fourth-order valence-electron chi connectivity index (χ4n) is 2.90. The van der Waals surface area contributed by atoms with E-state index >= 15 is 0 Å². The number of nitrogens with zero attached hydrogens (tertiary/aromatic N) is 2. The van der Waals surface area contributed by atoms with Crippen LogP contribution in [0.15, 0.2) is 47.4 Å². The molecule has 10 heteroatoms. The van der Waals surface area contributed by atoms with Gasteiger partial charge in [-0.3, -0.25) is 9.69 Å². The Morgan fingerprint density at radius 3 is 2.43 bits per heavy atom. The van der Waals surface area contributed by atoms with Gasteiger partial charge in [0.15, 0.2) is 0 Å². The van der Waals surface area contributed by atoms with Gasteiger partial charge >= 0.3 is 0 Å². The first-order valence-corrected chi connectivity index (χ1v) is 10.7. The van der Waals surface area contributed by atoms with Crippen LogP contribution in [0.2, 0.25) is 10.0 Å². The van der Waals surface area contributed by atoms with Crippen molar-refractivity contribution < 1.29 is 17.6 Å². The van der Waals surface area contributed by atoms with E-state index in [1.807, 2.05) is 4.90 Å². The van der Waals surface area contributed by atoms with Crippen molar-refractivity contribution in [2.75, 3.05) is 38.0 Å². The molecule has 0 aliphatic carbocycles. The molecule has 1 N–H and O–H groups in total. The van der Waals surface area contributed by atoms with Gasteiger partial charge in [-0.25, -0.2) is 12.8 Å². The van der Waals surface area contributed by atoms with Crippen LogP contribution in [0.25, 0.3) is 0 Å². The third kappa shape index (κ3) is 4.82. The zero-order chi connectivity index (χ0) is 20.3. The minimum atomic E-state index is -3.78. The summed E-state index contributed by atoms with van der Waals surface area (Å²) in [5.74, 6) is -0.871. The van der Waals surface area contributed by atoms with E-state index in [0.717, 1.165) is 0 Å². The zero-order valence-corrected chi connectivity index (χ0v) is 17.1. The lowest BCUT2D eigenvalue weighted by Gasteiger charge is -2.33. The smallest absolute Gasteiger partial charge is 0.244 e. The molecule has 0 radical (unpaired) electrons. The minimum Gasteiger partial charge on any atom is -0.322 e. The fraction of sp³-hybridized carbons (Fsp3) is 0.278. The molecule has 0 unspecified atom stereocenters. The number of carbonyl (C=O) groups is 1. The highest BCUT2D eigenvalue weighted by atomic mass is 35.5. The minimum absolute atomic E-state index is 0.0348. The Bertz CT molecular complexity index is 980. The molecular weight excluding hydrogens is 428 g/mol. The van der Waals surface area contributed by atoms with Crippen molar-refractivity contribution >= 4 is 44.8 Å². The summed E-state index contributed by atoms with van der Waals surface area (Å²) < 4.78 is 40.5. The Labute approximate surface area is 172 Å². The van der Waals surface area contributed by atoms with Gasteiger partial charge in [-0.2, -0.15) is 4.31 Å². The second kappa shape index (κ2) is 8.75. The molecule has 1 aliphatic rings. The highest BCUT2D eigenvalue weighted by Crippen LogP contribution is 2.28. The normalized spacial score (nSPS) is 16.1. The fourth-order valence-corrected chi connectivity index (χ4v) is 5.06. The van der Waals surface area contributed by atoms with Crippen LogP contribution in [0.5, 0.6) is 0 Å². The standard InChI is InChI=1S/C18H18Cl2FN3O3S/c19-13-5-6-14(20)17(11-13)28(26,27)24-9-7-23(8-10-24)12-18(25)22-16-4-2-1-3-15(16)21/h1-6,11H,7-10,12H2,(H,22,25). The molecule has 1 fully saturated rings. The molecule has 1 saturated heterocycles. The summed E-state index contributed by atoms with van der Waals surface area (Å²) in [6, 6.07) is 10.2. The molecular formula is C18H18Cl2FN3O3S. The summed E-state index contributed by atoms with van der Waals surface area (Å²) >= 11 is 11.9. The number of nitrogens with one attached hydrogen (secondary N) is 1. The molecule has 6 nitrogen and oxygen atoms in total. The Kier molecular flexibility index (Phi) is 6.57. The number of halogens is 3. The Morgan fingerprint density at radius 2 is 1.75 bits per heavy atom. The highest BCUT2D eigenvalue weighted by Gasteiger charge is 2.30. The second-order valence-corrected chi connectivity index (χ2v) is 9.03. The van der Waals surface area contributed by atoms with Crippen LogP contribution in [0.3, 0.4) is 0 Å². The number of rotatable bonds is 5. The molecule has 28 heavy (non-hydrogen) atoms. The first-order valence-electron chi connectivity index (χ1n) is 8.49. The van der Waals surface area contributed by atoms with Gasteiger partial charge in [-0.15, -0.1) is 0 Å². The molecule has 0 spiro atoms. The van der Waals surface area contributed by atoms with Crippen molar-refractivity contribution in [3.05, 3.63) is 58.3 Å². The molecule has 150 valence electrons. The van der Waals surface area contributed by atoms with Crippen LogP contribution in [0.1, 0.15) is 0 Å². The lowest BCUT2D eigenvalue weighted by atomic mass is 10.3. The molecule has 1 heterocycles. The van der Waals surface area contributed by atoms with E-state index in [2.05, 4.69) is 5.32 Å². The quantitative estimate of drug-likeness (QED) is 0.767. The van der Waals surface area contributed by atoms with E-state index in [1.54, 1.807) is 6.07 Å². The number of para-hydroxylation sites is 1. The summed E-state index contributed by atoms with van der Waals surface area (Å²) in [5, 5.41) is 2.91. The predicted octanol–water partition coefficient (Wildman–Crippen LogP) is 3.08. The van der Waals surface area contributed by atoms with Crippen LogP contribution in [-0.2, 0) is 14.8 Å². The van der Waals surface area contributed by atoms with E-state index in [0.29, 0.717) is 13.1 Å². The van der Waals surface area contributed by atoms with E-state index in [1.165, 1.54) is 40.7 Å². The van der Waals surface area contributed by atoms with Gasteiger partial charge in [-0.05, 0) is 30.3 Å². The van der Waals surface area contributed by atoms with E-state index in [4.69, 9.17) is 23.2 Å². The van der Waals surface area contributed by atoms with E-state index in [-0.39, 0.29) is 46.2 Å². The largest absolute Gasteiger partial charge is 0.322 e. The van der Waals surface area contributed by atoms with Gasteiger partial charge in [0.2, 0.25) is 15.9 Å². The van der Waals surface area contributed by atoms with Crippen molar-refractivity contribution in [1.29, 1.82) is 0 Å². The molecule has 2 aromatic rings. The number of hydrogen-bond donors (Lipinski definition) is 1. The number of carbonyl (C=O) groups excluding carboxylic acids is 1. The van der Waals surface area contributed by atoms with Crippen LogP contribution in [0, 0.1) is 5.82 Å². The molecule has 2 aromatic carbocycles. The van der Waals surface area contributed by atoms with Crippen molar-refractivity contribution in [2.45, 2.75) is 4.90 Å². The number of benzene rings is 2. The maximum Gasteiger partial charge on any atom is 0.244 e. The summed E-state index contributed by atoms with van der Waals surface area (Å²) in [6.07, 6.45) is 0. The highest BCUT2D eigenvalue weighted by molar-refractivity contribution is 7.89. The van der Waals surface area contributed by atoms with Gasteiger partial charge in [0.05, 0.1) is 17.3 Å².